The van der Waals surface area contributed by atoms with E-state index in [4.69, 9.17) is 10.2 Å². The van der Waals surface area contributed by atoms with Gasteiger partial charge in [0.2, 0.25) is 0 Å². The van der Waals surface area contributed by atoms with E-state index in [-0.39, 0.29) is 6.04 Å². The molecular formula is C11H18N2O. The molecule has 0 bridgehead atoms. The molecule has 0 aliphatic carbocycles. The Balaban J connectivity index is 2.07. The summed E-state index contributed by atoms with van der Waals surface area (Å²) in [6.45, 7) is 4.18. The van der Waals surface area contributed by atoms with E-state index in [1.807, 2.05) is 19.1 Å². The van der Waals surface area contributed by atoms with Gasteiger partial charge in [-0.1, -0.05) is 0 Å². The van der Waals surface area contributed by atoms with Crippen LogP contribution < -0.4 is 10.6 Å². The van der Waals surface area contributed by atoms with Crippen LogP contribution in [0, 0.1) is 0 Å². The number of furan rings is 1. The summed E-state index contributed by atoms with van der Waals surface area (Å²) in [4.78, 5) is 2.30. The zero-order valence-corrected chi connectivity index (χ0v) is 8.70. The van der Waals surface area contributed by atoms with Crippen molar-refractivity contribution in [3.8, 4) is 0 Å². The SMILES string of the molecule is C[C@@H](N)c1ccc(N2CCCCC2)o1. The van der Waals surface area contributed by atoms with Crippen molar-refractivity contribution in [1.29, 1.82) is 0 Å². The highest BCUT2D eigenvalue weighted by molar-refractivity contribution is 5.37. The Hall–Kier alpha value is -0.960. The number of rotatable bonds is 2. The molecule has 0 unspecified atom stereocenters. The van der Waals surface area contributed by atoms with E-state index >= 15 is 0 Å². The van der Waals surface area contributed by atoms with Gasteiger partial charge in [0.05, 0.1) is 6.04 Å². The van der Waals surface area contributed by atoms with Gasteiger partial charge in [-0.2, -0.15) is 0 Å². The van der Waals surface area contributed by atoms with Gasteiger partial charge in [-0.25, -0.2) is 0 Å². The maximum absolute atomic E-state index is 5.74. The van der Waals surface area contributed by atoms with Gasteiger partial charge in [0, 0.05) is 19.2 Å². The van der Waals surface area contributed by atoms with Crippen LogP contribution in [0.1, 0.15) is 38.0 Å². The fourth-order valence-electron chi connectivity index (χ4n) is 1.87. The van der Waals surface area contributed by atoms with E-state index in [2.05, 4.69) is 4.90 Å². The molecule has 1 saturated heterocycles. The van der Waals surface area contributed by atoms with E-state index in [0.29, 0.717) is 0 Å². The number of nitrogens with two attached hydrogens (primary N) is 1. The average Bonchev–Trinajstić information content (AvgIpc) is 2.68. The number of nitrogens with zero attached hydrogens (tertiary/aromatic N) is 1. The molecule has 3 heteroatoms. The lowest BCUT2D eigenvalue weighted by atomic mass is 10.1. The maximum atomic E-state index is 5.74. The van der Waals surface area contributed by atoms with Crippen molar-refractivity contribution in [1.82, 2.24) is 0 Å². The topological polar surface area (TPSA) is 42.4 Å². The minimum atomic E-state index is -0.00598. The molecule has 14 heavy (non-hydrogen) atoms. The molecule has 78 valence electrons. The third-order valence-corrected chi connectivity index (χ3v) is 2.73. The van der Waals surface area contributed by atoms with E-state index in [9.17, 15) is 0 Å². The fraction of sp³-hybridized carbons (Fsp3) is 0.636. The standard InChI is InChI=1S/C11H18N2O/c1-9(12)10-5-6-11(14-10)13-7-3-2-4-8-13/h5-6,9H,2-4,7-8,12H2,1H3/t9-/m1/s1. The Morgan fingerprint density at radius 2 is 2.00 bits per heavy atom. The smallest absolute Gasteiger partial charge is 0.195 e. The number of piperidine rings is 1. The molecule has 0 amide bonds. The quantitative estimate of drug-likeness (QED) is 0.785. The summed E-state index contributed by atoms with van der Waals surface area (Å²) in [5.41, 5.74) is 5.74. The van der Waals surface area contributed by atoms with Crippen LogP contribution >= 0.6 is 0 Å². The molecule has 1 atom stereocenters. The van der Waals surface area contributed by atoms with Gasteiger partial charge in [0.15, 0.2) is 5.88 Å². The van der Waals surface area contributed by atoms with Gasteiger partial charge in [0.1, 0.15) is 5.76 Å². The Morgan fingerprint density at radius 3 is 2.57 bits per heavy atom. The highest BCUT2D eigenvalue weighted by Crippen LogP contribution is 2.24. The summed E-state index contributed by atoms with van der Waals surface area (Å²) in [7, 11) is 0. The van der Waals surface area contributed by atoms with Crippen molar-refractivity contribution in [2.24, 2.45) is 5.73 Å². The van der Waals surface area contributed by atoms with Gasteiger partial charge in [0.25, 0.3) is 0 Å². The van der Waals surface area contributed by atoms with Crippen molar-refractivity contribution in [2.45, 2.75) is 32.2 Å². The summed E-state index contributed by atoms with van der Waals surface area (Å²) < 4.78 is 5.69. The zero-order chi connectivity index (χ0) is 9.97. The lowest BCUT2D eigenvalue weighted by molar-refractivity contribution is 0.454. The first-order valence-electron chi connectivity index (χ1n) is 5.37. The first kappa shape index (κ1) is 9.59. The molecule has 2 N–H and O–H groups in total. The third kappa shape index (κ3) is 1.93. The van der Waals surface area contributed by atoms with Gasteiger partial charge in [-0.3, -0.25) is 0 Å². The first-order valence-corrected chi connectivity index (χ1v) is 5.37. The van der Waals surface area contributed by atoms with E-state index < -0.39 is 0 Å². The highest BCUT2D eigenvalue weighted by atomic mass is 16.4. The molecule has 1 aromatic rings. The van der Waals surface area contributed by atoms with E-state index in [1.165, 1.54) is 19.3 Å². The van der Waals surface area contributed by atoms with Crippen LogP contribution in [0.5, 0.6) is 0 Å². The number of hydrogen-bond donors (Lipinski definition) is 1. The molecule has 0 spiro atoms. The molecule has 0 aromatic carbocycles. The molecule has 2 rings (SSSR count). The molecule has 2 heterocycles. The van der Waals surface area contributed by atoms with Crippen molar-refractivity contribution in [2.75, 3.05) is 18.0 Å². The predicted octanol–water partition coefficient (Wildman–Crippen LogP) is 2.29. The maximum Gasteiger partial charge on any atom is 0.195 e. The van der Waals surface area contributed by atoms with Crippen molar-refractivity contribution >= 4 is 5.88 Å². The zero-order valence-electron chi connectivity index (χ0n) is 8.70. The van der Waals surface area contributed by atoms with Crippen LogP contribution in [0.25, 0.3) is 0 Å². The van der Waals surface area contributed by atoms with Crippen LogP contribution in [0.2, 0.25) is 0 Å². The summed E-state index contributed by atoms with van der Waals surface area (Å²) in [5.74, 6) is 1.86. The summed E-state index contributed by atoms with van der Waals surface area (Å²) in [6.07, 6.45) is 3.89. The minimum Gasteiger partial charge on any atom is -0.444 e. The van der Waals surface area contributed by atoms with Crippen molar-refractivity contribution in [3.63, 3.8) is 0 Å². The molecule has 0 radical (unpaired) electrons. The summed E-state index contributed by atoms with van der Waals surface area (Å²) in [6, 6.07) is 4.01. The van der Waals surface area contributed by atoms with Gasteiger partial charge in [-0.15, -0.1) is 0 Å². The molecule has 1 fully saturated rings. The fourth-order valence-corrected chi connectivity index (χ4v) is 1.87. The Kier molecular flexibility index (Phi) is 2.77. The number of hydrogen-bond acceptors (Lipinski definition) is 3. The highest BCUT2D eigenvalue weighted by Gasteiger charge is 2.15. The first-order chi connectivity index (χ1) is 6.77. The second-order valence-electron chi connectivity index (χ2n) is 4.01. The monoisotopic (exact) mass is 194 g/mol. The minimum absolute atomic E-state index is 0.00598. The van der Waals surface area contributed by atoms with E-state index in [0.717, 1.165) is 24.7 Å². The Bertz CT molecular complexity index is 287. The summed E-state index contributed by atoms with van der Waals surface area (Å²) >= 11 is 0. The average molecular weight is 194 g/mol. The van der Waals surface area contributed by atoms with Crippen LogP contribution in [0.3, 0.4) is 0 Å². The number of anilines is 1. The molecule has 3 nitrogen and oxygen atoms in total. The van der Waals surface area contributed by atoms with E-state index in [1.54, 1.807) is 0 Å². The van der Waals surface area contributed by atoms with Gasteiger partial charge in [-0.05, 0) is 32.3 Å². The Labute approximate surface area is 84.9 Å². The lowest BCUT2D eigenvalue weighted by Crippen LogP contribution is -2.28. The lowest BCUT2D eigenvalue weighted by Gasteiger charge is -2.26. The van der Waals surface area contributed by atoms with Crippen LogP contribution in [-0.4, -0.2) is 13.1 Å². The third-order valence-electron chi connectivity index (χ3n) is 2.73. The molecule has 1 aliphatic rings. The van der Waals surface area contributed by atoms with Gasteiger partial charge < -0.3 is 15.1 Å². The Morgan fingerprint density at radius 1 is 1.29 bits per heavy atom. The van der Waals surface area contributed by atoms with Crippen molar-refractivity contribution in [3.05, 3.63) is 17.9 Å². The van der Waals surface area contributed by atoms with Crippen LogP contribution in [-0.2, 0) is 0 Å². The van der Waals surface area contributed by atoms with Gasteiger partial charge >= 0.3 is 0 Å². The largest absolute Gasteiger partial charge is 0.444 e. The second-order valence-corrected chi connectivity index (χ2v) is 4.01. The molecular weight excluding hydrogens is 176 g/mol. The normalized spacial score (nSPS) is 19.7. The molecule has 1 aromatic heterocycles. The molecule has 0 saturated carbocycles. The summed E-state index contributed by atoms with van der Waals surface area (Å²) in [5, 5.41) is 0. The molecule has 1 aliphatic heterocycles. The van der Waals surface area contributed by atoms with Crippen molar-refractivity contribution < 1.29 is 4.42 Å². The van der Waals surface area contributed by atoms with Crippen LogP contribution in [0.15, 0.2) is 16.5 Å². The predicted molar refractivity (Wildman–Crippen MR) is 57.4 cm³/mol. The van der Waals surface area contributed by atoms with Crippen LogP contribution in [0.4, 0.5) is 5.88 Å². The second kappa shape index (κ2) is 4.05.